The Morgan fingerprint density at radius 1 is 1.05 bits per heavy atom. The summed E-state index contributed by atoms with van der Waals surface area (Å²) in [6, 6.07) is 13.5. The number of likely N-dealkylation sites (tertiary alicyclic amines) is 1. The summed E-state index contributed by atoms with van der Waals surface area (Å²) in [4.78, 5) is 42.3. The number of carbonyl (C=O) groups excluding carboxylic acids is 3. The summed E-state index contributed by atoms with van der Waals surface area (Å²) >= 11 is 0. The third-order valence-corrected chi connectivity index (χ3v) is 7.47. The lowest BCUT2D eigenvalue weighted by Gasteiger charge is -2.26. The molecule has 0 saturated carbocycles. The van der Waals surface area contributed by atoms with Crippen LogP contribution in [0.1, 0.15) is 28.8 Å². The molecule has 12 heteroatoms. The van der Waals surface area contributed by atoms with E-state index in [2.05, 4.69) is 26.3 Å². The predicted molar refractivity (Wildman–Crippen MR) is 148 cm³/mol. The van der Waals surface area contributed by atoms with E-state index in [-0.39, 0.29) is 56.3 Å². The molecule has 0 spiro atoms. The standard InChI is InChI=1S/C29H35N7O5/c1-41-24-8-4-5-19(11-24)16-35-17-22-14-26(35)29(40)32-25(13-23-18-36(9-10-37)34-33-23)28(39)30-15-21-7-3-2-6-20(21)12-27(38)31-22/h2-8,11,18,22,25-26,37H,9-10,12-17H2,1H3,(H,30,39)(H,31,38)(H,32,40)/t22-,25+,26-/m0/s1. The Hall–Kier alpha value is -4.29. The number of rotatable bonds is 7. The molecule has 2 aliphatic rings. The predicted octanol–water partition coefficient (Wildman–Crippen LogP) is -0.0619. The van der Waals surface area contributed by atoms with E-state index in [4.69, 9.17) is 4.74 Å². The van der Waals surface area contributed by atoms with Gasteiger partial charge in [-0.3, -0.25) is 19.3 Å². The summed E-state index contributed by atoms with van der Waals surface area (Å²) in [7, 11) is 1.61. The van der Waals surface area contributed by atoms with E-state index in [9.17, 15) is 19.5 Å². The number of nitrogens with zero attached hydrogens (tertiary/aromatic N) is 4. The second-order valence-corrected chi connectivity index (χ2v) is 10.4. The van der Waals surface area contributed by atoms with E-state index in [0.717, 1.165) is 22.4 Å². The SMILES string of the molecule is COc1cccc(CN2C[C@@H]3C[C@H]2C(=O)N[C@H](Cc2cn(CCO)nn2)C(=O)NCc2ccccc2CC(=O)N3)c1. The van der Waals surface area contributed by atoms with Crippen molar-refractivity contribution in [3.63, 3.8) is 0 Å². The molecule has 3 aromatic rings. The van der Waals surface area contributed by atoms with Crippen molar-refractivity contribution in [3.8, 4) is 5.75 Å². The molecule has 216 valence electrons. The van der Waals surface area contributed by atoms with Gasteiger partial charge in [0.2, 0.25) is 17.7 Å². The van der Waals surface area contributed by atoms with E-state index in [1.165, 1.54) is 4.68 Å². The minimum Gasteiger partial charge on any atom is -0.497 e. The topological polar surface area (TPSA) is 151 Å². The summed E-state index contributed by atoms with van der Waals surface area (Å²) < 4.78 is 6.86. The lowest BCUT2D eigenvalue weighted by molar-refractivity contribution is -0.131. The van der Waals surface area contributed by atoms with Gasteiger partial charge in [-0.25, -0.2) is 4.68 Å². The number of hydrogen-bond acceptors (Lipinski definition) is 8. The molecule has 41 heavy (non-hydrogen) atoms. The van der Waals surface area contributed by atoms with E-state index in [1.807, 2.05) is 53.4 Å². The molecule has 1 aromatic heterocycles. The molecule has 3 heterocycles. The second kappa shape index (κ2) is 12.9. The highest BCUT2D eigenvalue weighted by Crippen LogP contribution is 2.24. The van der Waals surface area contributed by atoms with Crippen LogP contribution in [0.2, 0.25) is 0 Å². The summed E-state index contributed by atoms with van der Waals surface area (Å²) in [5.74, 6) is -0.0714. The Bertz CT molecular complexity index is 1390. The number of hydrogen-bond donors (Lipinski definition) is 4. The minimum absolute atomic E-state index is 0.0919. The Labute approximate surface area is 238 Å². The van der Waals surface area contributed by atoms with Gasteiger partial charge in [-0.05, 0) is 35.2 Å². The summed E-state index contributed by atoms with van der Waals surface area (Å²) in [6.45, 7) is 1.35. The summed E-state index contributed by atoms with van der Waals surface area (Å²) in [5, 5.41) is 26.3. The quantitative estimate of drug-likeness (QED) is 0.313. The highest BCUT2D eigenvalue weighted by atomic mass is 16.5. The first kappa shape index (κ1) is 28.2. The van der Waals surface area contributed by atoms with Crippen LogP contribution in [0, 0.1) is 0 Å². The molecular formula is C29H35N7O5. The molecule has 2 bridgehead atoms. The van der Waals surface area contributed by atoms with Gasteiger partial charge in [0.15, 0.2) is 0 Å². The van der Waals surface area contributed by atoms with Crippen LogP contribution in [0.25, 0.3) is 0 Å². The summed E-state index contributed by atoms with van der Waals surface area (Å²) in [5.41, 5.74) is 3.15. The summed E-state index contributed by atoms with van der Waals surface area (Å²) in [6.07, 6.45) is 2.37. The fourth-order valence-electron chi connectivity index (χ4n) is 5.45. The van der Waals surface area contributed by atoms with Gasteiger partial charge in [0.1, 0.15) is 11.8 Å². The molecule has 2 aromatic carbocycles. The van der Waals surface area contributed by atoms with Crippen molar-refractivity contribution >= 4 is 17.7 Å². The van der Waals surface area contributed by atoms with Crippen LogP contribution in [-0.2, 0) is 46.9 Å². The molecule has 1 fully saturated rings. The van der Waals surface area contributed by atoms with Gasteiger partial charge >= 0.3 is 0 Å². The van der Waals surface area contributed by atoms with Crippen LogP contribution in [0.4, 0.5) is 0 Å². The normalized spacial score (nSPS) is 21.8. The number of carbonyl (C=O) groups is 3. The maximum Gasteiger partial charge on any atom is 0.243 e. The average Bonchev–Trinajstić information content (AvgIpc) is 3.58. The minimum atomic E-state index is -0.899. The van der Waals surface area contributed by atoms with Crippen molar-refractivity contribution in [1.82, 2.24) is 35.8 Å². The molecular weight excluding hydrogens is 526 g/mol. The first-order valence-corrected chi connectivity index (χ1v) is 13.7. The zero-order valence-corrected chi connectivity index (χ0v) is 23.0. The first-order chi connectivity index (χ1) is 19.9. The molecule has 4 N–H and O–H groups in total. The molecule has 1 saturated heterocycles. The zero-order chi connectivity index (χ0) is 28.8. The molecule has 3 atom stereocenters. The number of methoxy groups -OCH3 is 1. The van der Waals surface area contributed by atoms with Gasteiger partial charge in [-0.15, -0.1) is 5.10 Å². The van der Waals surface area contributed by atoms with Crippen LogP contribution < -0.4 is 20.7 Å². The van der Waals surface area contributed by atoms with Crippen LogP contribution in [0.5, 0.6) is 5.75 Å². The molecule has 0 unspecified atom stereocenters. The molecule has 3 amide bonds. The van der Waals surface area contributed by atoms with Crippen molar-refractivity contribution in [2.45, 2.75) is 57.0 Å². The number of fused-ring (bicyclic) bond motifs is 3. The van der Waals surface area contributed by atoms with Crippen LogP contribution >= 0.6 is 0 Å². The Morgan fingerprint density at radius 3 is 2.68 bits per heavy atom. The van der Waals surface area contributed by atoms with Gasteiger partial charge < -0.3 is 25.8 Å². The van der Waals surface area contributed by atoms with E-state index in [0.29, 0.717) is 25.2 Å². The number of aromatic nitrogens is 3. The van der Waals surface area contributed by atoms with Crippen LogP contribution in [0.3, 0.4) is 0 Å². The highest BCUT2D eigenvalue weighted by Gasteiger charge is 2.39. The van der Waals surface area contributed by atoms with E-state index in [1.54, 1.807) is 13.3 Å². The molecule has 5 rings (SSSR count). The number of aliphatic hydroxyl groups excluding tert-OH is 1. The van der Waals surface area contributed by atoms with Crippen molar-refractivity contribution in [2.75, 3.05) is 20.3 Å². The van der Waals surface area contributed by atoms with Gasteiger partial charge in [-0.2, -0.15) is 0 Å². The molecule has 0 aliphatic carbocycles. The van der Waals surface area contributed by atoms with Gasteiger partial charge in [0, 0.05) is 38.3 Å². The third kappa shape index (κ3) is 7.08. The number of benzene rings is 2. The fraction of sp³-hybridized carbons (Fsp3) is 0.414. The fourth-order valence-corrected chi connectivity index (χ4v) is 5.45. The molecule has 0 radical (unpaired) electrons. The number of ether oxygens (including phenoxy) is 1. The number of nitrogens with one attached hydrogen (secondary N) is 3. The van der Waals surface area contributed by atoms with Gasteiger partial charge in [0.05, 0.1) is 38.4 Å². The zero-order valence-electron chi connectivity index (χ0n) is 23.0. The van der Waals surface area contributed by atoms with E-state index < -0.39 is 12.1 Å². The van der Waals surface area contributed by atoms with Gasteiger partial charge in [0.25, 0.3) is 0 Å². The maximum absolute atomic E-state index is 13.8. The largest absolute Gasteiger partial charge is 0.497 e. The molecule has 12 nitrogen and oxygen atoms in total. The smallest absolute Gasteiger partial charge is 0.243 e. The van der Waals surface area contributed by atoms with Crippen LogP contribution in [0.15, 0.2) is 54.7 Å². The monoisotopic (exact) mass is 561 g/mol. The van der Waals surface area contributed by atoms with Crippen molar-refractivity contribution in [3.05, 3.63) is 77.1 Å². The highest BCUT2D eigenvalue weighted by molar-refractivity contribution is 5.90. The van der Waals surface area contributed by atoms with Crippen molar-refractivity contribution in [1.29, 1.82) is 0 Å². The maximum atomic E-state index is 13.8. The molecule has 2 aliphatic heterocycles. The van der Waals surface area contributed by atoms with Crippen molar-refractivity contribution < 1.29 is 24.2 Å². The van der Waals surface area contributed by atoms with Crippen molar-refractivity contribution in [2.24, 2.45) is 0 Å². The Kier molecular flexibility index (Phi) is 8.90. The van der Waals surface area contributed by atoms with E-state index >= 15 is 0 Å². The Balaban J connectivity index is 1.43. The van der Waals surface area contributed by atoms with Gasteiger partial charge in [-0.1, -0.05) is 41.6 Å². The lowest BCUT2D eigenvalue weighted by Crippen LogP contribution is -2.53. The van der Waals surface area contributed by atoms with Crippen LogP contribution in [-0.4, -0.2) is 81.1 Å². The first-order valence-electron chi connectivity index (χ1n) is 13.7. The average molecular weight is 562 g/mol. The Morgan fingerprint density at radius 2 is 1.88 bits per heavy atom. The second-order valence-electron chi connectivity index (χ2n) is 10.4. The lowest BCUT2D eigenvalue weighted by atomic mass is 10.0. The number of aliphatic hydroxyl groups is 1. The number of amides is 3. The third-order valence-electron chi connectivity index (χ3n) is 7.47.